The Bertz CT molecular complexity index is 827. The number of hydrogen-bond donors (Lipinski definition) is 0. The Balaban J connectivity index is 1.31. The van der Waals surface area contributed by atoms with Gasteiger partial charge in [-0.2, -0.15) is 0 Å². The lowest BCUT2D eigenvalue weighted by Gasteiger charge is -2.45. The Morgan fingerprint density at radius 1 is 0.964 bits per heavy atom. The Morgan fingerprint density at radius 2 is 1.71 bits per heavy atom. The minimum Gasteiger partial charge on any atom is -0.473 e. The van der Waals surface area contributed by atoms with Gasteiger partial charge in [0.2, 0.25) is 0 Å². The van der Waals surface area contributed by atoms with Gasteiger partial charge in [0.1, 0.15) is 18.2 Å². The van der Waals surface area contributed by atoms with Crippen molar-refractivity contribution in [2.75, 3.05) is 6.61 Å². The van der Waals surface area contributed by atoms with Crippen LogP contribution in [0.1, 0.15) is 24.3 Å². The Labute approximate surface area is 164 Å². The predicted octanol–water partition coefficient (Wildman–Crippen LogP) is 3.23. The summed E-state index contributed by atoms with van der Waals surface area (Å²) in [7, 11) is 0. The van der Waals surface area contributed by atoms with E-state index in [0.29, 0.717) is 19.1 Å². The first-order chi connectivity index (χ1) is 13.8. The van der Waals surface area contributed by atoms with Crippen molar-refractivity contribution in [1.29, 1.82) is 0 Å². The number of rotatable bonds is 4. The molecule has 0 radical (unpaired) electrons. The molecule has 3 aliphatic heterocycles. The minimum atomic E-state index is -0.496. The van der Waals surface area contributed by atoms with Crippen LogP contribution in [0.5, 0.6) is 0 Å². The van der Waals surface area contributed by atoms with Crippen molar-refractivity contribution in [2.24, 2.45) is 4.99 Å². The third-order valence-electron chi connectivity index (χ3n) is 5.27. The molecule has 6 atom stereocenters. The average molecular weight is 381 g/mol. The molecule has 28 heavy (non-hydrogen) atoms. The fourth-order valence-corrected chi connectivity index (χ4v) is 3.94. The molecular formula is C22H23NO5. The van der Waals surface area contributed by atoms with E-state index in [1.54, 1.807) is 0 Å². The summed E-state index contributed by atoms with van der Waals surface area (Å²) in [5, 5.41) is 0. The molecule has 2 fully saturated rings. The standard InChI is InChI=1S/C22H23NO5/c1-14-23-18-20(26-14)19-17(13-25-21(28-19)16-10-6-3-7-11-16)27-22(18)24-12-15-8-4-2-5-9-15/h2-11,17-22H,12-13H2,1H3/t17-,18-,19-,20-,21+,22+/m1/s1. The van der Waals surface area contributed by atoms with Crippen LogP contribution in [0, 0.1) is 0 Å². The average Bonchev–Trinajstić information content (AvgIpc) is 3.15. The molecule has 6 heteroatoms. The van der Waals surface area contributed by atoms with Crippen molar-refractivity contribution in [3.05, 3.63) is 71.8 Å². The summed E-state index contributed by atoms with van der Waals surface area (Å²) in [6, 6.07) is 19.7. The van der Waals surface area contributed by atoms with Crippen LogP contribution in [0.25, 0.3) is 0 Å². The van der Waals surface area contributed by atoms with E-state index in [2.05, 4.69) is 4.99 Å². The minimum absolute atomic E-state index is 0.241. The summed E-state index contributed by atoms with van der Waals surface area (Å²) < 4.78 is 30.5. The zero-order valence-corrected chi connectivity index (χ0v) is 15.6. The molecule has 5 rings (SSSR count). The molecule has 0 amide bonds. The topological polar surface area (TPSA) is 58.5 Å². The summed E-state index contributed by atoms with van der Waals surface area (Å²) in [6.45, 7) is 2.73. The highest BCUT2D eigenvalue weighted by Crippen LogP contribution is 2.38. The lowest BCUT2D eigenvalue weighted by atomic mass is 9.96. The van der Waals surface area contributed by atoms with Gasteiger partial charge in [-0.15, -0.1) is 0 Å². The summed E-state index contributed by atoms with van der Waals surface area (Å²) in [6.07, 6.45) is -1.69. The van der Waals surface area contributed by atoms with Gasteiger partial charge in [-0.1, -0.05) is 60.7 Å². The maximum absolute atomic E-state index is 6.25. The molecule has 2 saturated heterocycles. The Hall–Kier alpha value is -2.25. The van der Waals surface area contributed by atoms with Gasteiger partial charge in [0.05, 0.1) is 13.2 Å². The van der Waals surface area contributed by atoms with E-state index in [-0.39, 0.29) is 24.4 Å². The van der Waals surface area contributed by atoms with Crippen molar-refractivity contribution in [1.82, 2.24) is 0 Å². The number of ether oxygens (including phenoxy) is 5. The van der Waals surface area contributed by atoms with Crippen LogP contribution in [0.2, 0.25) is 0 Å². The first-order valence-electron chi connectivity index (χ1n) is 9.62. The van der Waals surface area contributed by atoms with E-state index < -0.39 is 12.6 Å². The van der Waals surface area contributed by atoms with E-state index in [1.165, 1.54) is 0 Å². The summed E-state index contributed by atoms with van der Waals surface area (Å²) in [5.74, 6) is 0.638. The molecule has 0 saturated carbocycles. The third kappa shape index (κ3) is 3.44. The van der Waals surface area contributed by atoms with E-state index >= 15 is 0 Å². The van der Waals surface area contributed by atoms with Crippen LogP contribution in [0.15, 0.2) is 65.7 Å². The maximum Gasteiger partial charge on any atom is 0.184 e. The molecule has 146 valence electrons. The largest absolute Gasteiger partial charge is 0.473 e. The molecule has 2 aromatic rings. The van der Waals surface area contributed by atoms with Crippen LogP contribution >= 0.6 is 0 Å². The Kier molecular flexibility index (Phi) is 4.86. The van der Waals surface area contributed by atoms with Crippen molar-refractivity contribution in [3.8, 4) is 0 Å². The van der Waals surface area contributed by atoms with Crippen molar-refractivity contribution >= 4 is 5.90 Å². The molecule has 0 aliphatic carbocycles. The van der Waals surface area contributed by atoms with Gasteiger partial charge >= 0.3 is 0 Å². The highest BCUT2D eigenvalue weighted by molar-refractivity contribution is 5.75. The lowest BCUT2D eigenvalue weighted by Crippen LogP contribution is -2.61. The summed E-state index contributed by atoms with van der Waals surface area (Å²) in [5.41, 5.74) is 2.07. The highest BCUT2D eigenvalue weighted by Gasteiger charge is 2.54. The van der Waals surface area contributed by atoms with Gasteiger partial charge in [-0.05, 0) is 5.56 Å². The van der Waals surface area contributed by atoms with E-state index in [0.717, 1.165) is 11.1 Å². The van der Waals surface area contributed by atoms with Gasteiger partial charge in [-0.3, -0.25) is 0 Å². The molecule has 3 aliphatic rings. The monoisotopic (exact) mass is 381 g/mol. The summed E-state index contributed by atoms with van der Waals surface area (Å²) >= 11 is 0. The van der Waals surface area contributed by atoms with Gasteiger partial charge in [0.25, 0.3) is 0 Å². The van der Waals surface area contributed by atoms with Crippen molar-refractivity contribution < 1.29 is 23.7 Å². The third-order valence-corrected chi connectivity index (χ3v) is 5.27. The Morgan fingerprint density at radius 3 is 2.50 bits per heavy atom. The molecule has 0 unspecified atom stereocenters. The second-order valence-electron chi connectivity index (χ2n) is 7.24. The normalized spacial score (nSPS) is 34.1. The van der Waals surface area contributed by atoms with Crippen LogP contribution < -0.4 is 0 Å². The van der Waals surface area contributed by atoms with Crippen LogP contribution in [-0.2, 0) is 30.3 Å². The molecule has 0 aromatic heterocycles. The number of benzene rings is 2. The zero-order chi connectivity index (χ0) is 18.9. The van der Waals surface area contributed by atoms with Crippen LogP contribution in [0.3, 0.4) is 0 Å². The molecular weight excluding hydrogens is 358 g/mol. The molecule has 0 bridgehead atoms. The molecule has 6 nitrogen and oxygen atoms in total. The van der Waals surface area contributed by atoms with Crippen molar-refractivity contribution in [3.63, 3.8) is 0 Å². The van der Waals surface area contributed by atoms with E-state index in [1.807, 2.05) is 67.6 Å². The molecule has 0 N–H and O–H groups in total. The van der Waals surface area contributed by atoms with Crippen LogP contribution in [-0.4, -0.2) is 43.1 Å². The first-order valence-corrected chi connectivity index (χ1v) is 9.62. The van der Waals surface area contributed by atoms with Gasteiger partial charge in [-0.25, -0.2) is 4.99 Å². The van der Waals surface area contributed by atoms with Crippen molar-refractivity contribution in [2.45, 2.75) is 50.5 Å². The van der Waals surface area contributed by atoms with Crippen LogP contribution in [0.4, 0.5) is 0 Å². The van der Waals surface area contributed by atoms with E-state index in [9.17, 15) is 0 Å². The van der Waals surface area contributed by atoms with Gasteiger partial charge < -0.3 is 23.7 Å². The molecule has 0 spiro atoms. The summed E-state index contributed by atoms with van der Waals surface area (Å²) in [4.78, 5) is 4.62. The number of hydrogen-bond acceptors (Lipinski definition) is 6. The quantitative estimate of drug-likeness (QED) is 0.814. The SMILES string of the molecule is CC1=N[C@H]2[C@@H](OCc3ccccc3)O[C@@H]3CO[C@H](c4ccccc4)O[C@H]3[C@@H]2O1. The first kappa shape index (κ1) is 17.8. The second-order valence-corrected chi connectivity index (χ2v) is 7.24. The van der Waals surface area contributed by atoms with Gasteiger partial charge in [0, 0.05) is 12.5 Å². The fraction of sp³-hybridized carbons (Fsp3) is 0.409. The number of aliphatic imine (C=N–C) groups is 1. The smallest absolute Gasteiger partial charge is 0.184 e. The fourth-order valence-electron chi connectivity index (χ4n) is 3.94. The second kappa shape index (κ2) is 7.64. The number of fused-ring (bicyclic) bond motifs is 3. The lowest BCUT2D eigenvalue weighted by molar-refractivity contribution is -0.338. The maximum atomic E-state index is 6.25. The highest BCUT2D eigenvalue weighted by atomic mass is 16.8. The van der Waals surface area contributed by atoms with Gasteiger partial charge in [0.15, 0.2) is 24.6 Å². The predicted molar refractivity (Wildman–Crippen MR) is 102 cm³/mol. The van der Waals surface area contributed by atoms with E-state index in [4.69, 9.17) is 23.7 Å². The zero-order valence-electron chi connectivity index (χ0n) is 15.6. The number of nitrogens with zero attached hydrogens (tertiary/aromatic N) is 1. The molecule has 2 aromatic carbocycles. The molecule has 3 heterocycles.